The van der Waals surface area contributed by atoms with Gasteiger partial charge in [0.2, 0.25) is 0 Å². The van der Waals surface area contributed by atoms with Crippen molar-refractivity contribution in [2.24, 2.45) is 0 Å². The van der Waals surface area contributed by atoms with Gasteiger partial charge in [0.05, 0.1) is 31.9 Å². The van der Waals surface area contributed by atoms with E-state index >= 15 is 0 Å². The van der Waals surface area contributed by atoms with E-state index < -0.39 is 9.84 Å². The molecule has 120 valence electrons. The average molecular weight is 327 g/mol. The molecule has 3 rings (SSSR count). The van der Waals surface area contributed by atoms with Crippen LogP contribution in [-0.2, 0) is 9.84 Å². The van der Waals surface area contributed by atoms with Crippen LogP contribution in [-0.4, -0.2) is 63.0 Å². The third kappa shape index (κ3) is 3.30. The number of hydrogen-bond donors (Lipinski definition) is 1. The van der Waals surface area contributed by atoms with Gasteiger partial charge in [0.15, 0.2) is 9.84 Å². The van der Waals surface area contributed by atoms with Crippen molar-refractivity contribution in [1.29, 1.82) is 0 Å². The van der Waals surface area contributed by atoms with Gasteiger partial charge in [-0.05, 0) is 24.3 Å². The first-order valence-electron chi connectivity index (χ1n) is 7.54. The van der Waals surface area contributed by atoms with Crippen LogP contribution in [0, 0.1) is 5.82 Å². The maximum Gasteiger partial charge on any atom is 0.254 e. The number of halogens is 1. The Hall–Kier alpha value is -1.47. The van der Waals surface area contributed by atoms with Crippen LogP contribution in [0.15, 0.2) is 24.3 Å². The summed E-state index contributed by atoms with van der Waals surface area (Å²) < 4.78 is 36.0. The molecule has 0 saturated carbocycles. The third-order valence-corrected chi connectivity index (χ3v) is 6.36. The summed E-state index contributed by atoms with van der Waals surface area (Å²) in [7, 11) is -2.86. The minimum atomic E-state index is -2.86. The Labute approximate surface area is 129 Å². The van der Waals surface area contributed by atoms with E-state index in [1.54, 1.807) is 4.90 Å². The zero-order valence-electron chi connectivity index (χ0n) is 12.3. The first-order valence-corrected chi connectivity index (χ1v) is 9.36. The lowest BCUT2D eigenvalue weighted by molar-refractivity contribution is -0.925. The van der Waals surface area contributed by atoms with Gasteiger partial charge in [-0.3, -0.25) is 4.79 Å². The Bertz CT molecular complexity index is 652. The maximum absolute atomic E-state index is 12.9. The minimum absolute atomic E-state index is 0.0851. The van der Waals surface area contributed by atoms with E-state index in [4.69, 9.17) is 0 Å². The second-order valence-corrected chi connectivity index (χ2v) is 8.29. The monoisotopic (exact) mass is 327 g/mol. The highest BCUT2D eigenvalue weighted by Crippen LogP contribution is 2.10. The smallest absolute Gasteiger partial charge is 0.254 e. The summed E-state index contributed by atoms with van der Waals surface area (Å²) in [6.45, 7) is 2.77. The number of nitrogens with one attached hydrogen (secondary N) is 1. The molecular formula is C15H20FN2O3S+. The lowest BCUT2D eigenvalue weighted by Crippen LogP contribution is -3.18. The number of nitrogens with zero attached hydrogens (tertiary/aromatic N) is 1. The normalized spacial score (nSPS) is 25.3. The van der Waals surface area contributed by atoms with E-state index in [2.05, 4.69) is 0 Å². The predicted molar refractivity (Wildman–Crippen MR) is 80.1 cm³/mol. The Morgan fingerprint density at radius 1 is 1.18 bits per heavy atom. The van der Waals surface area contributed by atoms with E-state index in [0.29, 0.717) is 24.4 Å². The van der Waals surface area contributed by atoms with Gasteiger partial charge in [0.1, 0.15) is 17.6 Å². The molecule has 0 bridgehead atoms. The molecule has 2 fully saturated rings. The number of carbonyl (C=O) groups excluding carboxylic acids is 1. The van der Waals surface area contributed by atoms with Crippen molar-refractivity contribution < 1.29 is 22.5 Å². The van der Waals surface area contributed by atoms with Crippen molar-refractivity contribution in [2.45, 2.75) is 12.5 Å². The predicted octanol–water partition coefficient (Wildman–Crippen LogP) is -0.646. The Balaban J connectivity index is 1.57. The van der Waals surface area contributed by atoms with E-state index in [9.17, 15) is 17.6 Å². The van der Waals surface area contributed by atoms with Gasteiger partial charge >= 0.3 is 0 Å². The number of benzene rings is 1. The van der Waals surface area contributed by atoms with Crippen LogP contribution in [0.3, 0.4) is 0 Å². The zero-order valence-corrected chi connectivity index (χ0v) is 13.1. The van der Waals surface area contributed by atoms with Crippen molar-refractivity contribution in [3.05, 3.63) is 35.6 Å². The fourth-order valence-electron chi connectivity index (χ4n) is 3.30. The van der Waals surface area contributed by atoms with Crippen molar-refractivity contribution in [3.8, 4) is 0 Å². The van der Waals surface area contributed by atoms with Gasteiger partial charge in [-0.15, -0.1) is 0 Å². The molecule has 0 radical (unpaired) electrons. The molecule has 2 aliphatic rings. The SMILES string of the molecule is O=C(c1ccc(F)cc1)N1CC[NH+]([C@H]2CCS(=O)(=O)C2)CC1. The van der Waals surface area contributed by atoms with Crippen molar-refractivity contribution in [1.82, 2.24) is 4.90 Å². The minimum Gasteiger partial charge on any atom is -0.329 e. The summed E-state index contributed by atoms with van der Waals surface area (Å²) in [5.41, 5.74) is 0.494. The fourth-order valence-corrected chi connectivity index (χ4v) is 5.12. The topological polar surface area (TPSA) is 58.9 Å². The molecule has 1 amide bonds. The maximum atomic E-state index is 12.9. The average Bonchev–Trinajstić information content (AvgIpc) is 2.88. The number of carbonyl (C=O) groups is 1. The Morgan fingerprint density at radius 2 is 1.82 bits per heavy atom. The molecular weight excluding hydrogens is 307 g/mol. The number of sulfone groups is 1. The summed E-state index contributed by atoms with van der Waals surface area (Å²) >= 11 is 0. The zero-order chi connectivity index (χ0) is 15.7. The van der Waals surface area contributed by atoms with Gasteiger partial charge in [0.25, 0.3) is 5.91 Å². The number of hydrogen-bond acceptors (Lipinski definition) is 3. The second kappa shape index (κ2) is 5.96. The lowest BCUT2D eigenvalue weighted by Gasteiger charge is -2.35. The van der Waals surface area contributed by atoms with E-state index in [-0.39, 0.29) is 23.5 Å². The molecule has 1 atom stereocenters. The Morgan fingerprint density at radius 3 is 2.36 bits per heavy atom. The fraction of sp³-hybridized carbons (Fsp3) is 0.533. The van der Waals surface area contributed by atoms with Crippen LogP contribution >= 0.6 is 0 Å². The quantitative estimate of drug-likeness (QED) is 0.786. The summed E-state index contributed by atoms with van der Waals surface area (Å²) in [4.78, 5) is 15.4. The first-order chi connectivity index (χ1) is 10.4. The molecule has 1 aromatic rings. The highest BCUT2D eigenvalue weighted by atomic mass is 32.2. The largest absolute Gasteiger partial charge is 0.329 e. The number of rotatable bonds is 2. The number of amides is 1. The Kier molecular flexibility index (Phi) is 4.18. The van der Waals surface area contributed by atoms with E-state index in [0.717, 1.165) is 19.5 Å². The lowest BCUT2D eigenvalue weighted by atomic mass is 10.1. The van der Waals surface area contributed by atoms with Crippen LogP contribution in [0.5, 0.6) is 0 Å². The van der Waals surface area contributed by atoms with Crippen LogP contribution in [0.1, 0.15) is 16.8 Å². The third-order valence-electron chi connectivity index (χ3n) is 4.59. The molecule has 22 heavy (non-hydrogen) atoms. The molecule has 2 saturated heterocycles. The summed E-state index contributed by atoms with van der Waals surface area (Å²) in [5.74, 6) is 0.125. The van der Waals surface area contributed by atoms with Crippen LogP contribution < -0.4 is 4.90 Å². The number of piperazine rings is 1. The molecule has 2 aliphatic heterocycles. The summed E-state index contributed by atoms with van der Waals surface area (Å²) in [5, 5.41) is 0. The molecule has 5 nitrogen and oxygen atoms in total. The molecule has 0 unspecified atom stereocenters. The van der Waals surface area contributed by atoms with Crippen LogP contribution in [0.4, 0.5) is 4.39 Å². The van der Waals surface area contributed by atoms with Crippen LogP contribution in [0.2, 0.25) is 0 Å². The summed E-state index contributed by atoms with van der Waals surface area (Å²) in [6, 6.07) is 5.75. The molecule has 0 aromatic heterocycles. The van der Waals surface area contributed by atoms with E-state index in [1.165, 1.54) is 29.2 Å². The van der Waals surface area contributed by atoms with Gasteiger partial charge < -0.3 is 9.80 Å². The van der Waals surface area contributed by atoms with Gasteiger partial charge in [-0.1, -0.05) is 0 Å². The molecule has 2 heterocycles. The van der Waals surface area contributed by atoms with Crippen molar-refractivity contribution >= 4 is 15.7 Å². The summed E-state index contributed by atoms with van der Waals surface area (Å²) in [6.07, 6.45) is 0.726. The number of quaternary nitrogens is 1. The van der Waals surface area contributed by atoms with Crippen molar-refractivity contribution in [2.75, 3.05) is 37.7 Å². The molecule has 1 aromatic carbocycles. The molecule has 1 N–H and O–H groups in total. The highest BCUT2D eigenvalue weighted by Gasteiger charge is 2.37. The van der Waals surface area contributed by atoms with Crippen LogP contribution in [0.25, 0.3) is 0 Å². The molecule has 0 aliphatic carbocycles. The first kappa shape index (κ1) is 15.4. The standard InChI is InChI=1S/C15H19FN2O3S/c16-13-3-1-12(2-4-13)15(19)18-8-6-17(7-9-18)14-5-10-22(20,21)11-14/h1-4,14H,5-11H2/p+1/t14-/m0/s1. The molecule has 7 heteroatoms. The second-order valence-electron chi connectivity index (χ2n) is 6.06. The van der Waals surface area contributed by atoms with Crippen molar-refractivity contribution in [3.63, 3.8) is 0 Å². The van der Waals surface area contributed by atoms with E-state index in [1.807, 2.05) is 0 Å². The highest BCUT2D eigenvalue weighted by molar-refractivity contribution is 7.91. The molecule has 0 spiro atoms. The van der Waals surface area contributed by atoms with Gasteiger partial charge in [-0.2, -0.15) is 0 Å². The van der Waals surface area contributed by atoms with Gasteiger partial charge in [0, 0.05) is 12.0 Å². The van der Waals surface area contributed by atoms with Gasteiger partial charge in [-0.25, -0.2) is 12.8 Å².